The Bertz CT molecular complexity index is 799. The Balaban J connectivity index is 1.86. The number of pyridine rings is 1. The molecule has 0 bridgehead atoms. The molecule has 0 fully saturated rings. The molecule has 0 aliphatic heterocycles. The topological polar surface area (TPSA) is 81.4 Å². The molecule has 0 spiro atoms. The summed E-state index contributed by atoms with van der Waals surface area (Å²) in [6.07, 6.45) is 2.62. The summed E-state index contributed by atoms with van der Waals surface area (Å²) in [5.41, 5.74) is 0.519. The van der Waals surface area contributed by atoms with Crippen LogP contribution in [-0.2, 0) is 14.3 Å². The Hall–Kier alpha value is -2.31. The average Bonchev–Trinajstić information content (AvgIpc) is 2.94. The summed E-state index contributed by atoms with van der Waals surface area (Å²) in [5.74, 6) is 0.153. The number of ether oxygens (including phenoxy) is 1. The average molecular weight is 369 g/mol. The van der Waals surface area contributed by atoms with Crippen LogP contribution >= 0.6 is 23.2 Å². The summed E-state index contributed by atoms with van der Waals surface area (Å²) in [6, 6.07) is 4.95. The van der Waals surface area contributed by atoms with E-state index in [-0.39, 0.29) is 10.8 Å². The number of nitrogens with one attached hydrogen (secondary N) is 1. The smallest absolute Gasteiger partial charge is 0.331 e. The minimum atomic E-state index is -0.675. The molecule has 0 aliphatic carbocycles. The van der Waals surface area contributed by atoms with Crippen LogP contribution in [0.4, 0.5) is 5.82 Å². The van der Waals surface area contributed by atoms with E-state index in [9.17, 15) is 9.59 Å². The maximum atomic E-state index is 11.8. The normalized spacial score (nSPS) is 10.8. The third-order valence-electron chi connectivity index (χ3n) is 2.85. The van der Waals surface area contributed by atoms with Gasteiger partial charge >= 0.3 is 5.97 Å². The van der Waals surface area contributed by atoms with Crippen LogP contribution in [0, 0.1) is 13.8 Å². The van der Waals surface area contributed by atoms with E-state index in [2.05, 4.69) is 10.3 Å². The molecule has 2 heterocycles. The number of halogens is 2. The molecular formula is C16H14Cl2N2O4. The van der Waals surface area contributed by atoms with Crippen molar-refractivity contribution in [1.82, 2.24) is 4.98 Å². The number of amides is 1. The molecule has 2 rings (SSSR count). The first-order valence-corrected chi connectivity index (χ1v) is 7.64. The van der Waals surface area contributed by atoms with E-state index in [0.29, 0.717) is 16.5 Å². The fourth-order valence-corrected chi connectivity index (χ4v) is 2.10. The zero-order valence-electron chi connectivity index (χ0n) is 12.9. The Morgan fingerprint density at radius 3 is 2.71 bits per heavy atom. The predicted octanol–water partition coefficient (Wildman–Crippen LogP) is 3.79. The zero-order valence-corrected chi connectivity index (χ0v) is 14.4. The lowest BCUT2D eigenvalue weighted by atomic mass is 10.3. The number of esters is 1. The molecule has 0 saturated carbocycles. The standard InChI is InChI=1S/C16H14Cl2N2O4/c1-9-3-4-11(24-9)5-6-15(22)23-8-14(21)20-16-13(18)7-12(17)10(2)19-16/h3-7H,8H2,1-2H3,(H,19,20,21). The second-order valence-corrected chi connectivity index (χ2v) is 5.64. The number of aromatic nitrogens is 1. The van der Waals surface area contributed by atoms with Gasteiger partial charge in [0.1, 0.15) is 11.5 Å². The molecule has 2 aromatic heterocycles. The van der Waals surface area contributed by atoms with E-state index in [1.54, 1.807) is 26.0 Å². The number of hydrogen-bond donors (Lipinski definition) is 1. The largest absolute Gasteiger partial charge is 0.462 e. The summed E-state index contributed by atoms with van der Waals surface area (Å²) in [6.45, 7) is 2.99. The van der Waals surface area contributed by atoms with Crippen LogP contribution in [0.3, 0.4) is 0 Å². The monoisotopic (exact) mass is 368 g/mol. The molecule has 0 aromatic carbocycles. The van der Waals surface area contributed by atoms with Gasteiger partial charge in [-0.1, -0.05) is 23.2 Å². The number of nitrogens with zero attached hydrogens (tertiary/aromatic N) is 1. The number of rotatable bonds is 5. The summed E-state index contributed by atoms with van der Waals surface area (Å²) in [5, 5.41) is 3.03. The SMILES string of the molecule is Cc1ccc(C=CC(=O)OCC(=O)Nc2nc(C)c(Cl)cc2Cl)o1. The highest BCUT2D eigenvalue weighted by molar-refractivity contribution is 6.36. The van der Waals surface area contributed by atoms with Crippen molar-refractivity contribution in [3.8, 4) is 0 Å². The van der Waals surface area contributed by atoms with Crippen LogP contribution in [0.2, 0.25) is 10.0 Å². The molecule has 2 aromatic rings. The van der Waals surface area contributed by atoms with E-state index in [1.165, 1.54) is 18.2 Å². The summed E-state index contributed by atoms with van der Waals surface area (Å²) in [7, 11) is 0. The molecule has 1 amide bonds. The van der Waals surface area contributed by atoms with E-state index in [0.717, 1.165) is 5.76 Å². The number of hydrogen-bond acceptors (Lipinski definition) is 5. The van der Waals surface area contributed by atoms with Gasteiger partial charge < -0.3 is 14.5 Å². The minimum absolute atomic E-state index is 0.154. The van der Waals surface area contributed by atoms with Gasteiger partial charge in [0, 0.05) is 6.08 Å². The van der Waals surface area contributed by atoms with Crippen molar-refractivity contribution >= 4 is 47.0 Å². The molecule has 0 radical (unpaired) electrons. The Morgan fingerprint density at radius 2 is 2.04 bits per heavy atom. The van der Waals surface area contributed by atoms with E-state index in [1.807, 2.05) is 0 Å². The van der Waals surface area contributed by atoms with Gasteiger partial charge in [-0.3, -0.25) is 4.79 Å². The van der Waals surface area contributed by atoms with E-state index < -0.39 is 18.5 Å². The van der Waals surface area contributed by atoms with Crippen molar-refractivity contribution in [3.05, 3.63) is 51.5 Å². The molecule has 6 nitrogen and oxygen atoms in total. The van der Waals surface area contributed by atoms with Gasteiger partial charge in [0.15, 0.2) is 12.4 Å². The zero-order chi connectivity index (χ0) is 17.7. The van der Waals surface area contributed by atoms with Gasteiger partial charge in [0.2, 0.25) is 0 Å². The number of furan rings is 1. The van der Waals surface area contributed by atoms with Crippen LogP contribution in [0.25, 0.3) is 6.08 Å². The lowest BCUT2D eigenvalue weighted by molar-refractivity contribution is -0.142. The number of carbonyl (C=O) groups excluding carboxylic acids is 2. The molecule has 1 N–H and O–H groups in total. The molecule has 126 valence electrons. The summed E-state index contributed by atoms with van der Waals surface area (Å²) >= 11 is 11.8. The van der Waals surface area contributed by atoms with E-state index >= 15 is 0 Å². The molecule has 0 aliphatic rings. The summed E-state index contributed by atoms with van der Waals surface area (Å²) in [4.78, 5) is 27.4. The van der Waals surface area contributed by atoms with Gasteiger partial charge in [-0.2, -0.15) is 0 Å². The molecule has 0 saturated heterocycles. The van der Waals surface area contributed by atoms with Crippen molar-refractivity contribution in [2.45, 2.75) is 13.8 Å². The highest BCUT2D eigenvalue weighted by Crippen LogP contribution is 2.25. The molecular weight excluding hydrogens is 355 g/mol. The second kappa shape index (κ2) is 7.99. The van der Waals surface area contributed by atoms with Crippen molar-refractivity contribution in [3.63, 3.8) is 0 Å². The van der Waals surface area contributed by atoms with Gasteiger partial charge in [-0.05, 0) is 38.1 Å². The van der Waals surface area contributed by atoms with Crippen LogP contribution < -0.4 is 5.32 Å². The van der Waals surface area contributed by atoms with Gasteiger partial charge in [-0.25, -0.2) is 9.78 Å². The third kappa shape index (κ3) is 5.11. The fourth-order valence-electron chi connectivity index (χ4n) is 1.69. The Labute approximate surface area is 148 Å². The number of anilines is 1. The second-order valence-electron chi connectivity index (χ2n) is 4.82. The van der Waals surface area contributed by atoms with Gasteiger partial charge in [0.05, 0.1) is 15.7 Å². The lowest BCUT2D eigenvalue weighted by Crippen LogP contribution is -2.21. The Morgan fingerprint density at radius 1 is 1.29 bits per heavy atom. The van der Waals surface area contributed by atoms with Crippen molar-refractivity contribution < 1.29 is 18.7 Å². The van der Waals surface area contributed by atoms with Crippen molar-refractivity contribution in [2.24, 2.45) is 0 Å². The third-order valence-corrected chi connectivity index (χ3v) is 3.52. The maximum Gasteiger partial charge on any atom is 0.331 e. The van der Waals surface area contributed by atoms with E-state index in [4.69, 9.17) is 32.4 Å². The first-order chi connectivity index (χ1) is 11.3. The first kappa shape index (κ1) is 18.0. The van der Waals surface area contributed by atoms with Gasteiger partial charge in [-0.15, -0.1) is 0 Å². The van der Waals surface area contributed by atoms with Gasteiger partial charge in [0.25, 0.3) is 5.91 Å². The predicted molar refractivity (Wildman–Crippen MR) is 91.1 cm³/mol. The lowest BCUT2D eigenvalue weighted by Gasteiger charge is -2.08. The fraction of sp³-hybridized carbons (Fsp3) is 0.188. The maximum absolute atomic E-state index is 11.8. The molecule has 0 atom stereocenters. The van der Waals surface area contributed by atoms with Crippen LogP contribution in [-0.4, -0.2) is 23.5 Å². The first-order valence-electron chi connectivity index (χ1n) is 6.89. The number of aryl methyl sites for hydroxylation is 2. The highest BCUT2D eigenvalue weighted by Gasteiger charge is 2.11. The van der Waals surface area contributed by atoms with Crippen LogP contribution in [0.5, 0.6) is 0 Å². The summed E-state index contributed by atoms with van der Waals surface area (Å²) < 4.78 is 10.1. The highest BCUT2D eigenvalue weighted by atomic mass is 35.5. The number of carbonyl (C=O) groups is 2. The minimum Gasteiger partial charge on any atom is -0.462 e. The van der Waals surface area contributed by atoms with Crippen LogP contribution in [0.15, 0.2) is 28.7 Å². The van der Waals surface area contributed by atoms with Crippen LogP contribution in [0.1, 0.15) is 17.2 Å². The van der Waals surface area contributed by atoms with Crippen molar-refractivity contribution in [2.75, 3.05) is 11.9 Å². The van der Waals surface area contributed by atoms with Crippen molar-refractivity contribution in [1.29, 1.82) is 0 Å². The molecule has 0 unspecified atom stereocenters. The molecule has 8 heteroatoms. The Kier molecular flexibility index (Phi) is 6.00. The molecule has 24 heavy (non-hydrogen) atoms. The quantitative estimate of drug-likeness (QED) is 0.641.